The van der Waals surface area contributed by atoms with Crippen LogP contribution in [0.1, 0.15) is 11.1 Å². The molecule has 72 valence electrons. The largest absolute Gasteiger partial charge is 0.319 e. The third kappa shape index (κ3) is 1.21. The van der Waals surface area contributed by atoms with Crippen molar-refractivity contribution in [1.82, 2.24) is 4.98 Å². The molecule has 1 aromatic carbocycles. The van der Waals surface area contributed by atoms with Crippen LogP contribution in [0.3, 0.4) is 0 Å². The van der Waals surface area contributed by atoms with Crippen molar-refractivity contribution in [3.8, 4) is 0 Å². The Morgan fingerprint density at radius 1 is 1.21 bits per heavy atom. The number of rotatable bonds is 0. The minimum Gasteiger partial charge on any atom is -0.319 e. The second-order valence-electron chi connectivity index (χ2n) is 3.43. The average molecular weight is 191 g/mol. The van der Waals surface area contributed by atoms with Crippen molar-refractivity contribution < 1.29 is 4.39 Å². The van der Waals surface area contributed by atoms with E-state index in [1.54, 1.807) is 6.07 Å². The van der Waals surface area contributed by atoms with E-state index >= 15 is 0 Å². The van der Waals surface area contributed by atoms with Crippen molar-refractivity contribution in [3.63, 3.8) is 0 Å². The van der Waals surface area contributed by atoms with Crippen LogP contribution in [0.25, 0.3) is 10.9 Å². The standard InChI is InChI=1S/C11H10FNO/c1-6-3-4-8(12)11-10(6)7(2)5-9(14)13-11/h3-5H,1-2H3,(H,13,14). The lowest BCUT2D eigenvalue weighted by Crippen LogP contribution is -2.06. The van der Waals surface area contributed by atoms with E-state index in [0.29, 0.717) is 5.52 Å². The Balaban J connectivity index is 3.07. The van der Waals surface area contributed by atoms with Gasteiger partial charge in [-0.2, -0.15) is 0 Å². The lowest BCUT2D eigenvalue weighted by molar-refractivity contribution is 0.636. The first-order chi connectivity index (χ1) is 6.59. The van der Waals surface area contributed by atoms with Gasteiger partial charge in [-0.3, -0.25) is 4.79 Å². The summed E-state index contributed by atoms with van der Waals surface area (Å²) in [6.45, 7) is 3.71. The number of hydrogen-bond acceptors (Lipinski definition) is 1. The molecule has 0 aliphatic heterocycles. The van der Waals surface area contributed by atoms with E-state index in [9.17, 15) is 9.18 Å². The third-order valence-electron chi connectivity index (χ3n) is 2.35. The average Bonchev–Trinajstić information content (AvgIpc) is 2.10. The number of aromatic nitrogens is 1. The van der Waals surface area contributed by atoms with Gasteiger partial charge >= 0.3 is 0 Å². The molecule has 3 heteroatoms. The van der Waals surface area contributed by atoms with E-state index in [2.05, 4.69) is 4.98 Å². The number of hydrogen-bond donors (Lipinski definition) is 1. The number of fused-ring (bicyclic) bond motifs is 1. The topological polar surface area (TPSA) is 32.9 Å². The fraction of sp³-hybridized carbons (Fsp3) is 0.182. The summed E-state index contributed by atoms with van der Waals surface area (Å²) in [6.07, 6.45) is 0. The van der Waals surface area contributed by atoms with Gasteiger partial charge in [0.2, 0.25) is 5.56 Å². The summed E-state index contributed by atoms with van der Waals surface area (Å²) >= 11 is 0. The second-order valence-corrected chi connectivity index (χ2v) is 3.43. The highest BCUT2D eigenvalue weighted by Crippen LogP contribution is 2.21. The Kier molecular flexibility index (Phi) is 1.88. The van der Waals surface area contributed by atoms with Gasteiger partial charge in [-0.25, -0.2) is 4.39 Å². The minimum absolute atomic E-state index is 0.264. The maximum atomic E-state index is 13.4. The molecule has 0 fully saturated rings. The molecule has 0 bridgehead atoms. The van der Waals surface area contributed by atoms with Crippen molar-refractivity contribution >= 4 is 10.9 Å². The first-order valence-electron chi connectivity index (χ1n) is 4.38. The Labute approximate surface area is 80.4 Å². The zero-order valence-corrected chi connectivity index (χ0v) is 8.02. The summed E-state index contributed by atoms with van der Waals surface area (Å²) in [7, 11) is 0. The SMILES string of the molecule is Cc1ccc(F)c2[nH]c(=O)cc(C)c12. The summed E-state index contributed by atoms with van der Waals surface area (Å²) in [6, 6.07) is 4.56. The zero-order valence-electron chi connectivity index (χ0n) is 8.02. The van der Waals surface area contributed by atoms with Gasteiger partial charge in [-0.05, 0) is 31.0 Å². The van der Waals surface area contributed by atoms with E-state index < -0.39 is 0 Å². The normalized spacial score (nSPS) is 10.8. The van der Waals surface area contributed by atoms with E-state index in [0.717, 1.165) is 16.5 Å². The maximum Gasteiger partial charge on any atom is 0.248 e. The molecule has 0 atom stereocenters. The first kappa shape index (κ1) is 8.94. The fourth-order valence-corrected chi connectivity index (χ4v) is 1.74. The summed E-state index contributed by atoms with van der Waals surface area (Å²) < 4.78 is 13.4. The molecule has 0 radical (unpaired) electrons. The molecule has 1 heterocycles. The molecule has 0 aliphatic carbocycles. The zero-order chi connectivity index (χ0) is 10.3. The molecule has 0 unspecified atom stereocenters. The van der Waals surface area contributed by atoms with Gasteiger partial charge in [0.05, 0.1) is 5.52 Å². The highest BCUT2D eigenvalue weighted by molar-refractivity contribution is 5.85. The van der Waals surface area contributed by atoms with Gasteiger partial charge in [0, 0.05) is 11.5 Å². The number of aryl methyl sites for hydroxylation is 2. The van der Waals surface area contributed by atoms with Crippen LogP contribution in [0.5, 0.6) is 0 Å². The molecule has 2 rings (SSSR count). The fourth-order valence-electron chi connectivity index (χ4n) is 1.74. The molecule has 0 saturated heterocycles. The summed E-state index contributed by atoms with van der Waals surface area (Å²) in [5, 5.41) is 0.796. The molecule has 0 aliphatic rings. The summed E-state index contributed by atoms with van der Waals surface area (Å²) in [5.41, 5.74) is 1.81. The molecular weight excluding hydrogens is 181 g/mol. The quantitative estimate of drug-likeness (QED) is 0.680. The van der Waals surface area contributed by atoms with Crippen LogP contribution >= 0.6 is 0 Å². The van der Waals surface area contributed by atoms with Crippen LogP contribution in [0.2, 0.25) is 0 Å². The van der Waals surface area contributed by atoms with Gasteiger partial charge in [0.25, 0.3) is 0 Å². The van der Waals surface area contributed by atoms with Crippen LogP contribution in [0.4, 0.5) is 4.39 Å². The van der Waals surface area contributed by atoms with E-state index in [-0.39, 0.29) is 11.4 Å². The van der Waals surface area contributed by atoms with E-state index in [4.69, 9.17) is 0 Å². The van der Waals surface area contributed by atoms with Gasteiger partial charge in [0.1, 0.15) is 5.82 Å². The van der Waals surface area contributed by atoms with Gasteiger partial charge < -0.3 is 4.98 Å². The molecule has 1 aromatic heterocycles. The monoisotopic (exact) mass is 191 g/mol. The van der Waals surface area contributed by atoms with Gasteiger partial charge in [0.15, 0.2) is 0 Å². The second kappa shape index (κ2) is 2.94. The lowest BCUT2D eigenvalue weighted by atomic mass is 10.1. The molecule has 0 saturated carbocycles. The molecular formula is C11H10FNO. The van der Waals surface area contributed by atoms with Gasteiger partial charge in [-0.15, -0.1) is 0 Å². The van der Waals surface area contributed by atoms with Gasteiger partial charge in [-0.1, -0.05) is 6.07 Å². The molecule has 14 heavy (non-hydrogen) atoms. The Hall–Kier alpha value is -1.64. The highest BCUT2D eigenvalue weighted by Gasteiger charge is 2.06. The third-order valence-corrected chi connectivity index (χ3v) is 2.35. The van der Waals surface area contributed by atoms with Crippen molar-refractivity contribution in [2.75, 3.05) is 0 Å². The van der Waals surface area contributed by atoms with Crippen LogP contribution in [0, 0.1) is 19.7 Å². The highest BCUT2D eigenvalue weighted by atomic mass is 19.1. The number of pyridine rings is 1. The Morgan fingerprint density at radius 3 is 2.64 bits per heavy atom. The number of benzene rings is 1. The number of nitrogens with one attached hydrogen (secondary N) is 1. The predicted octanol–water partition coefficient (Wildman–Crippen LogP) is 2.28. The van der Waals surface area contributed by atoms with E-state index in [1.807, 2.05) is 13.8 Å². The molecule has 0 spiro atoms. The molecule has 1 N–H and O–H groups in total. The van der Waals surface area contributed by atoms with E-state index in [1.165, 1.54) is 12.1 Å². The van der Waals surface area contributed by atoms with Crippen molar-refractivity contribution in [2.24, 2.45) is 0 Å². The van der Waals surface area contributed by atoms with Crippen LogP contribution in [-0.2, 0) is 0 Å². The Morgan fingerprint density at radius 2 is 1.93 bits per heavy atom. The van der Waals surface area contributed by atoms with Crippen molar-refractivity contribution in [2.45, 2.75) is 13.8 Å². The lowest BCUT2D eigenvalue weighted by Gasteiger charge is -2.05. The number of aromatic amines is 1. The maximum absolute atomic E-state index is 13.4. The van der Waals surface area contributed by atoms with Crippen molar-refractivity contribution in [1.29, 1.82) is 0 Å². The number of halogens is 1. The van der Waals surface area contributed by atoms with Crippen molar-refractivity contribution in [3.05, 3.63) is 45.5 Å². The summed E-state index contributed by atoms with van der Waals surface area (Å²) in [4.78, 5) is 13.7. The smallest absolute Gasteiger partial charge is 0.248 e. The van der Waals surface area contributed by atoms with Crippen LogP contribution in [0.15, 0.2) is 23.0 Å². The van der Waals surface area contributed by atoms with Crippen LogP contribution in [-0.4, -0.2) is 4.98 Å². The number of H-pyrrole nitrogens is 1. The Bertz CT molecular complexity index is 557. The molecule has 2 nitrogen and oxygen atoms in total. The first-order valence-corrected chi connectivity index (χ1v) is 4.38. The van der Waals surface area contributed by atoms with Crippen LogP contribution < -0.4 is 5.56 Å². The minimum atomic E-state index is -0.383. The summed E-state index contributed by atoms with van der Waals surface area (Å²) in [5.74, 6) is -0.383. The predicted molar refractivity (Wildman–Crippen MR) is 54.0 cm³/mol. The molecule has 2 aromatic rings. The molecule has 0 amide bonds.